The predicted molar refractivity (Wildman–Crippen MR) is 75.9 cm³/mol. The van der Waals surface area contributed by atoms with Crippen LogP contribution in [0.2, 0.25) is 0 Å². The van der Waals surface area contributed by atoms with Gasteiger partial charge in [-0.15, -0.1) is 0 Å². The number of halogens is 3. The number of benzene rings is 2. The standard InChI is InChI=1S/C16H12F3NO2/c1-2-15(21)20-11-6-7-14(13(18)8-11)22-9-10-4-3-5-12(17)16(10)19/h2-8H,1,9H2,(H,20,21). The molecular weight excluding hydrogens is 295 g/mol. The zero-order valence-corrected chi connectivity index (χ0v) is 11.4. The number of rotatable bonds is 5. The van der Waals surface area contributed by atoms with Crippen molar-refractivity contribution >= 4 is 11.6 Å². The van der Waals surface area contributed by atoms with Gasteiger partial charge >= 0.3 is 0 Å². The molecule has 0 unspecified atom stereocenters. The topological polar surface area (TPSA) is 38.3 Å². The van der Waals surface area contributed by atoms with E-state index in [0.717, 1.165) is 18.2 Å². The lowest BCUT2D eigenvalue weighted by atomic mass is 10.2. The van der Waals surface area contributed by atoms with Gasteiger partial charge in [0.25, 0.3) is 0 Å². The summed E-state index contributed by atoms with van der Waals surface area (Å²) in [5.74, 6) is -3.38. The SMILES string of the molecule is C=CC(=O)Nc1ccc(OCc2cccc(F)c2F)c(F)c1. The van der Waals surface area contributed by atoms with Crippen molar-refractivity contribution in [2.24, 2.45) is 0 Å². The zero-order valence-electron chi connectivity index (χ0n) is 11.4. The molecule has 0 fully saturated rings. The smallest absolute Gasteiger partial charge is 0.247 e. The van der Waals surface area contributed by atoms with E-state index < -0.39 is 23.4 Å². The molecule has 2 aromatic carbocycles. The molecule has 6 heteroatoms. The van der Waals surface area contributed by atoms with E-state index in [1.165, 1.54) is 24.3 Å². The molecule has 0 aliphatic rings. The van der Waals surface area contributed by atoms with Gasteiger partial charge < -0.3 is 10.1 Å². The first kappa shape index (κ1) is 15.6. The van der Waals surface area contributed by atoms with Crippen molar-refractivity contribution in [3.8, 4) is 5.75 Å². The van der Waals surface area contributed by atoms with Gasteiger partial charge in [-0.1, -0.05) is 18.7 Å². The van der Waals surface area contributed by atoms with Crippen molar-refractivity contribution in [1.82, 2.24) is 0 Å². The van der Waals surface area contributed by atoms with Crippen LogP contribution in [0.3, 0.4) is 0 Å². The molecule has 0 aromatic heterocycles. The number of amides is 1. The van der Waals surface area contributed by atoms with E-state index in [4.69, 9.17) is 4.74 Å². The van der Waals surface area contributed by atoms with E-state index in [1.54, 1.807) is 0 Å². The zero-order chi connectivity index (χ0) is 16.1. The van der Waals surface area contributed by atoms with Gasteiger partial charge in [-0.2, -0.15) is 0 Å². The predicted octanol–water partition coefficient (Wildman–Crippen LogP) is 3.81. The quantitative estimate of drug-likeness (QED) is 0.853. The number of hydrogen-bond donors (Lipinski definition) is 1. The Morgan fingerprint density at radius 2 is 1.95 bits per heavy atom. The molecule has 0 atom stereocenters. The summed E-state index contributed by atoms with van der Waals surface area (Å²) in [6.07, 6.45) is 1.05. The minimum atomic E-state index is -1.03. The molecule has 114 valence electrons. The number of hydrogen-bond acceptors (Lipinski definition) is 2. The van der Waals surface area contributed by atoms with Crippen LogP contribution in [-0.2, 0) is 11.4 Å². The maximum Gasteiger partial charge on any atom is 0.247 e. The van der Waals surface area contributed by atoms with E-state index >= 15 is 0 Å². The fourth-order valence-corrected chi connectivity index (χ4v) is 1.70. The van der Waals surface area contributed by atoms with Crippen LogP contribution >= 0.6 is 0 Å². The molecule has 0 aliphatic heterocycles. The van der Waals surface area contributed by atoms with Crippen LogP contribution in [0.5, 0.6) is 5.75 Å². The van der Waals surface area contributed by atoms with Crippen LogP contribution in [-0.4, -0.2) is 5.91 Å². The van der Waals surface area contributed by atoms with Crippen LogP contribution in [0.1, 0.15) is 5.56 Å². The first-order valence-electron chi connectivity index (χ1n) is 6.30. The summed E-state index contributed by atoms with van der Waals surface area (Å²) in [5.41, 5.74) is 0.204. The molecule has 0 spiro atoms. The molecule has 0 radical (unpaired) electrons. The van der Waals surface area contributed by atoms with Gasteiger partial charge in [0.1, 0.15) is 6.61 Å². The molecule has 22 heavy (non-hydrogen) atoms. The lowest BCUT2D eigenvalue weighted by Crippen LogP contribution is -2.08. The summed E-state index contributed by atoms with van der Waals surface area (Å²) >= 11 is 0. The molecule has 0 bridgehead atoms. The number of anilines is 1. The lowest BCUT2D eigenvalue weighted by molar-refractivity contribution is -0.111. The first-order chi connectivity index (χ1) is 10.5. The Hall–Kier alpha value is -2.76. The fourth-order valence-electron chi connectivity index (χ4n) is 1.70. The van der Waals surface area contributed by atoms with E-state index in [1.807, 2.05) is 0 Å². The van der Waals surface area contributed by atoms with Gasteiger partial charge in [0.05, 0.1) is 0 Å². The van der Waals surface area contributed by atoms with E-state index in [-0.39, 0.29) is 23.6 Å². The third-order valence-corrected chi connectivity index (χ3v) is 2.80. The Morgan fingerprint density at radius 1 is 1.18 bits per heavy atom. The van der Waals surface area contributed by atoms with Crippen molar-refractivity contribution in [3.63, 3.8) is 0 Å². The molecule has 2 rings (SSSR count). The number of ether oxygens (including phenoxy) is 1. The second kappa shape index (κ2) is 6.80. The fraction of sp³-hybridized carbons (Fsp3) is 0.0625. The van der Waals surface area contributed by atoms with Crippen LogP contribution in [0.4, 0.5) is 18.9 Å². The van der Waals surface area contributed by atoms with E-state index in [2.05, 4.69) is 11.9 Å². The van der Waals surface area contributed by atoms with Crippen molar-refractivity contribution in [2.45, 2.75) is 6.61 Å². The molecule has 0 heterocycles. The minimum Gasteiger partial charge on any atom is -0.486 e. The maximum absolute atomic E-state index is 13.8. The highest BCUT2D eigenvalue weighted by molar-refractivity contribution is 5.98. The average Bonchev–Trinajstić information content (AvgIpc) is 2.50. The number of nitrogens with one attached hydrogen (secondary N) is 1. The highest BCUT2D eigenvalue weighted by atomic mass is 19.2. The molecular formula is C16H12F3NO2. The Kier molecular flexibility index (Phi) is 4.83. The minimum absolute atomic E-state index is 0.0246. The lowest BCUT2D eigenvalue weighted by Gasteiger charge is -2.10. The maximum atomic E-state index is 13.8. The molecule has 3 nitrogen and oxygen atoms in total. The summed E-state index contributed by atoms with van der Waals surface area (Å²) in [4.78, 5) is 11.1. The Balaban J connectivity index is 2.09. The summed E-state index contributed by atoms with van der Waals surface area (Å²) in [5, 5.41) is 2.39. The van der Waals surface area contributed by atoms with Crippen LogP contribution in [0, 0.1) is 17.5 Å². The number of carbonyl (C=O) groups is 1. The summed E-state index contributed by atoms with van der Waals surface area (Å²) in [6, 6.07) is 7.42. The van der Waals surface area contributed by atoms with Gasteiger partial charge in [0, 0.05) is 17.3 Å². The molecule has 2 aromatic rings. The second-order valence-corrected chi connectivity index (χ2v) is 4.34. The summed E-state index contributed by atoms with van der Waals surface area (Å²) in [6.45, 7) is 2.96. The monoisotopic (exact) mass is 307 g/mol. The molecule has 1 N–H and O–H groups in total. The summed E-state index contributed by atoms with van der Waals surface area (Å²) in [7, 11) is 0. The van der Waals surface area contributed by atoms with Crippen LogP contribution < -0.4 is 10.1 Å². The average molecular weight is 307 g/mol. The molecule has 0 saturated heterocycles. The van der Waals surface area contributed by atoms with Gasteiger partial charge in [-0.25, -0.2) is 13.2 Å². The third kappa shape index (κ3) is 3.66. The van der Waals surface area contributed by atoms with Crippen molar-refractivity contribution in [3.05, 3.63) is 72.1 Å². The molecule has 0 aliphatic carbocycles. The van der Waals surface area contributed by atoms with E-state index in [9.17, 15) is 18.0 Å². The van der Waals surface area contributed by atoms with Crippen LogP contribution in [0.15, 0.2) is 49.1 Å². The highest BCUT2D eigenvalue weighted by Crippen LogP contribution is 2.23. The Morgan fingerprint density at radius 3 is 2.64 bits per heavy atom. The van der Waals surface area contributed by atoms with Gasteiger partial charge in [-0.3, -0.25) is 4.79 Å². The third-order valence-electron chi connectivity index (χ3n) is 2.80. The van der Waals surface area contributed by atoms with Gasteiger partial charge in [0.15, 0.2) is 23.2 Å². The van der Waals surface area contributed by atoms with Crippen LogP contribution in [0.25, 0.3) is 0 Å². The van der Waals surface area contributed by atoms with Crippen molar-refractivity contribution in [2.75, 3.05) is 5.32 Å². The Labute approximate surface area is 125 Å². The van der Waals surface area contributed by atoms with Crippen molar-refractivity contribution in [1.29, 1.82) is 0 Å². The highest BCUT2D eigenvalue weighted by Gasteiger charge is 2.10. The normalized spacial score (nSPS) is 10.1. The van der Waals surface area contributed by atoms with E-state index in [0.29, 0.717) is 0 Å². The van der Waals surface area contributed by atoms with Gasteiger partial charge in [0.2, 0.25) is 5.91 Å². The number of carbonyl (C=O) groups excluding carboxylic acids is 1. The Bertz CT molecular complexity index is 717. The van der Waals surface area contributed by atoms with Crippen molar-refractivity contribution < 1.29 is 22.7 Å². The summed E-state index contributed by atoms with van der Waals surface area (Å²) < 4.78 is 45.4. The molecule has 0 saturated carbocycles. The molecule has 1 amide bonds. The van der Waals surface area contributed by atoms with Gasteiger partial charge in [-0.05, 0) is 24.3 Å². The largest absolute Gasteiger partial charge is 0.486 e. The first-order valence-corrected chi connectivity index (χ1v) is 6.30. The second-order valence-electron chi connectivity index (χ2n) is 4.34.